The number of aryl methyl sites for hydroxylation is 1. The Bertz CT molecular complexity index is 884. The van der Waals surface area contributed by atoms with Crippen LogP contribution in [0.25, 0.3) is 6.08 Å². The maximum atomic E-state index is 11.8. The zero-order valence-electron chi connectivity index (χ0n) is 15.5. The standard InChI is InChI=1S/C19H20N2O2.CH4O3S/c20-18(21)14-11-16-9-12-17(13-10-16)23-19(22)8-4-7-15-5-2-1-3-6-15;1-5(2,3)4/h1-3,5-6,9-14H,4,7-8H2,(H3,20,21);1H3,(H,2,3,4). The van der Waals surface area contributed by atoms with Crippen LogP contribution in [-0.2, 0) is 21.3 Å². The van der Waals surface area contributed by atoms with E-state index in [0.29, 0.717) is 18.4 Å². The van der Waals surface area contributed by atoms with Crippen LogP contribution in [0.1, 0.15) is 24.0 Å². The van der Waals surface area contributed by atoms with E-state index in [9.17, 15) is 13.2 Å². The predicted octanol–water partition coefficient (Wildman–Crippen LogP) is 3.07. The number of nitrogens with one attached hydrogen (secondary N) is 1. The first-order valence-electron chi connectivity index (χ1n) is 8.43. The molecule has 2 aromatic rings. The molecule has 4 N–H and O–H groups in total. The number of amidine groups is 1. The largest absolute Gasteiger partial charge is 0.427 e. The third-order valence-electron chi connectivity index (χ3n) is 3.26. The second-order valence-electron chi connectivity index (χ2n) is 5.90. The molecule has 0 aliphatic carbocycles. The highest BCUT2D eigenvalue weighted by molar-refractivity contribution is 7.85. The SMILES string of the molecule is CS(=O)(=O)O.N=C(N)C=Cc1ccc(OC(=O)CCCc2ccccc2)cc1. The second-order valence-corrected chi connectivity index (χ2v) is 7.37. The summed E-state index contributed by atoms with van der Waals surface area (Å²) in [6.07, 6.45) is 5.97. The van der Waals surface area contributed by atoms with Gasteiger partial charge >= 0.3 is 5.97 Å². The number of hydrogen-bond donors (Lipinski definition) is 3. The number of carbonyl (C=O) groups excluding carboxylic acids is 1. The first kappa shape index (κ1) is 23.1. The van der Waals surface area contributed by atoms with Gasteiger partial charge in [0.1, 0.15) is 11.6 Å². The van der Waals surface area contributed by atoms with Crippen molar-refractivity contribution in [1.82, 2.24) is 0 Å². The van der Waals surface area contributed by atoms with Gasteiger partial charge in [0.25, 0.3) is 10.1 Å². The summed E-state index contributed by atoms with van der Waals surface area (Å²) in [4.78, 5) is 11.8. The number of esters is 1. The van der Waals surface area contributed by atoms with E-state index in [1.54, 1.807) is 18.2 Å². The highest BCUT2D eigenvalue weighted by atomic mass is 32.2. The molecule has 0 spiro atoms. The van der Waals surface area contributed by atoms with Crippen molar-refractivity contribution in [3.05, 3.63) is 71.8 Å². The lowest BCUT2D eigenvalue weighted by Crippen LogP contribution is -2.08. The molecule has 7 nitrogen and oxygen atoms in total. The van der Waals surface area contributed by atoms with Gasteiger partial charge in [0, 0.05) is 6.42 Å². The van der Waals surface area contributed by atoms with Crippen LogP contribution in [0.15, 0.2) is 60.7 Å². The maximum absolute atomic E-state index is 11.8. The minimum atomic E-state index is -3.67. The number of nitrogens with two attached hydrogens (primary N) is 1. The van der Waals surface area contributed by atoms with E-state index in [-0.39, 0.29) is 11.8 Å². The zero-order valence-corrected chi connectivity index (χ0v) is 16.4. The molecule has 8 heteroatoms. The van der Waals surface area contributed by atoms with Crippen LogP contribution in [-0.4, -0.2) is 31.0 Å². The number of benzene rings is 2. The molecule has 28 heavy (non-hydrogen) atoms. The van der Waals surface area contributed by atoms with Crippen molar-refractivity contribution in [3.63, 3.8) is 0 Å². The van der Waals surface area contributed by atoms with Gasteiger partial charge in [0.15, 0.2) is 0 Å². The van der Waals surface area contributed by atoms with Crippen LogP contribution in [0.2, 0.25) is 0 Å². The van der Waals surface area contributed by atoms with Gasteiger partial charge in [-0.2, -0.15) is 8.42 Å². The molecule has 2 aromatic carbocycles. The van der Waals surface area contributed by atoms with Crippen molar-refractivity contribution in [3.8, 4) is 5.75 Å². The van der Waals surface area contributed by atoms with E-state index in [4.69, 9.17) is 20.4 Å². The summed E-state index contributed by atoms with van der Waals surface area (Å²) in [5, 5.41) is 7.13. The Morgan fingerprint density at radius 3 is 2.25 bits per heavy atom. The summed E-state index contributed by atoms with van der Waals surface area (Å²) in [6.45, 7) is 0. The fourth-order valence-corrected chi connectivity index (χ4v) is 2.10. The Morgan fingerprint density at radius 1 is 1.14 bits per heavy atom. The molecule has 150 valence electrons. The van der Waals surface area contributed by atoms with Crippen LogP contribution in [0.5, 0.6) is 5.75 Å². The molecule has 0 unspecified atom stereocenters. The Morgan fingerprint density at radius 2 is 1.71 bits per heavy atom. The zero-order chi connectivity index (χ0) is 21.0. The smallest absolute Gasteiger partial charge is 0.311 e. The van der Waals surface area contributed by atoms with E-state index >= 15 is 0 Å². The minimum Gasteiger partial charge on any atom is -0.427 e. The van der Waals surface area contributed by atoms with Crippen LogP contribution in [0.3, 0.4) is 0 Å². The quantitative estimate of drug-likeness (QED) is 0.214. The molecule has 0 aliphatic rings. The van der Waals surface area contributed by atoms with E-state index in [0.717, 1.165) is 18.4 Å². The summed E-state index contributed by atoms with van der Waals surface area (Å²) >= 11 is 0. The number of ether oxygens (including phenoxy) is 1. The number of hydrogen-bond acceptors (Lipinski definition) is 5. The van der Waals surface area contributed by atoms with E-state index in [1.165, 1.54) is 11.6 Å². The van der Waals surface area contributed by atoms with Crippen LogP contribution < -0.4 is 10.5 Å². The normalized spacial score (nSPS) is 10.8. The second kappa shape index (κ2) is 11.7. The average molecular weight is 404 g/mol. The molecular weight excluding hydrogens is 380 g/mol. The van der Waals surface area contributed by atoms with Crippen molar-refractivity contribution in [2.24, 2.45) is 5.73 Å². The van der Waals surface area contributed by atoms with Gasteiger partial charge in [-0.15, -0.1) is 0 Å². The summed E-state index contributed by atoms with van der Waals surface area (Å²) in [5.74, 6) is 0.293. The molecule has 0 aromatic heterocycles. The lowest BCUT2D eigenvalue weighted by atomic mass is 10.1. The van der Waals surface area contributed by atoms with Crippen molar-refractivity contribution in [2.75, 3.05) is 6.26 Å². The molecule has 0 saturated carbocycles. The van der Waals surface area contributed by atoms with Crippen LogP contribution in [0, 0.1) is 5.41 Å². The molecule has 0 atom stereocenters. The molecule has 0 amide bonds. The van der Waals surface area contributed by atoms with Gasteiger partial charge in [-0.05, 0) is 42.2 Å². The predicted molar refractivity (Wildman–Crippen MR) is 110 cm³/mol. The molecule has 0 bridgehead atoms. The third kappa shape index (κ3) is 12.4. The molecule has 0 heterocycles. The van der Waals surface area contributed by atoms with Crippen LogP contribution in [0.4, 0.5) is 0 Å². The Hall–Kier alpha value is -2.97. The van der Waals surface area contributed by atoms with Crippen LogP contribution >= 0.6 is 0 Å². The molecular formula is C20H24N2O5S. The molecule has 2 rings (SSSR count). The fourth-order valence-electron chi connectivity index (χ4n) is 2.10. The molecule has 0 fully saturated rings. The van der Waals surface area contributed by atoms with Crippen molar-refractivity contribution < 1.29 is 22.5 Å². The van der Waals surface area contributed by atoms with E-state index in [2.05, 4.69) is 12.1 Å². The first-order valence-corrected chi connectivity index (χ1v) is 10.3. The lowest BCUT2D eigenvalue weighted by Gasteiger charge is -2.05. The maximum Gasteiger partial charge on any atom is 0.311 e. The van der Waals surface area contributed by atoms with Gasteiger partial charge in [-0.1, -0.05) is 48.5 Å². The number of carbonyl (C=O) groups is 1. The van der Waals surface area contributed by atoms with Crippen molar-refractivity contribution >= 4 is 28.0 Å². The van der Waals surface area contributed by atoms with Crippen molar-refractivity contribution in [1.29, 1.82) is 5.41 Å². The Labute approximate surface area is 165 Å². The Kier molecular flexibility index (Phi) is 9.63. The first-order chi connectivity index (χ1) is 13.1. The highest BCUT2D eigenvalue weighted by Gasteiger charge is 2.05. The minimum absolute atomic E-state index is 0.001000. The van der Waals surface area contributed by atoms with Gasteiger partial charge in [0.2, 0.25) is 0 Å². The number of rotatable bonds is 7. The van der Waals surface area contributed by atoms with E-state index in [1.807, 2.05) is 30.3 Å². The Balaban J connectivity index is 0.000000696. The molecule has 0 radical (unpaired) electrons. The highest BCUT2D eigenvalue weighted by Crippen LogP contribution is 2.14. The fraction of sp³-hybridized carbons (Fsp3) is 0.200. The lowest BCUT2D eigenvalue weighted by molar-refractivity contribution is -0.134. The van der Waals surface area contributed by atoms with E-state index < -0.39 is 10.1 Å². The van der Waals surface area contributed by atoms with Gasteiger partial charge in [-0.25, -0.2) is 0 Å². The summed E-state index contributed by atoms with van der Waals surface area (Å²) in [5.41, 5.74) is 7.37. The summed E-state index contributed by atoms with van der Waals surface area (Å²) in [7, 11) is -3.67. The van der Waals surface area contributed by atoms with Gasteiger partial charge < -0.3 is 10.5 Å². The monoisotopic (exact) mass is 404 g/mol. The summed E-state index contributed by atoms with van der Waals surface area (Å²) in [6, 6.07) is 17.2. The molecule has 0 aliphatic heterocycles. The molecule has 0 saturated heterocycles. The van der Waals surface area contributed by atoms with Gasteiger partial charge in [0.05, 0.1) is 6.26 Å². The third-order valence-corrected chi connectivity index (χ3v) is 3.26. The summed E-state index contributed by atoms with van der Waals surface area (Å²) < 4.78 is 31.2. The average Bonchev–Trinajstić information content (AvgIpc) is 2.60. The van der Waals surface area contributed by atoms with Gasteiger partial charge in [-0.3, -0.25) is 14.8 Å². The topological polar surface area (TPSA) is 131 Å². The van der Waals surface area contributed by atoms with Crippen molar-refractivity contribution in [2.45, 2.75) is 19.3 Å².